The molecule has 1 saturated heterocycles. The highest BCUT2D eigenvalue weighted by Gasteiger charge is 2.32. The smallest absolute Gasteiger partial charge is 0.412 e. The lowest BCUT2D eigenvalue weighted by molar-refractivity contribution is -0.155. The number of morpholine rings is 1. The van der Waals surface area contributed by atoms with Crippen LogP contribution in [-0.4, -0.2) is 87.7 Å². The second kappa shape index (κ2) is 10.0. The summed E-state index contributed by atoms with van der Waals surface area (Å²) in [6, 6.07) is -0.894. The topological polar surface area (TPSA) is 94.6 Å². The molecule has 1 aliphatic rings. The molecule has 0 aromatic carbocycles. The Morgan fingerprint density at radius 2 is 1.83 bits per heavy atom. The minimum atomic E-state index is -0.894. The normalized spacial score (nSPS) is 16.3. The van der Waals surface area contributed by atoms with Gasteiger partial charge in [0.1, 0.15) is 6.04 Å². The molecular weight excluding hydrogens is 308 g/mol. The molecule has 9 nitrogen and oxygen atoms in total. The van der Waals surface area contributed by atoms with E-state index in [4.69, 9.17) is 14.2 Å². The number of amides is 1. The van der Waals surface area contributed by atoms with E-state index < -0.39 is 24.1 Å². The van der Waals surface area contributed by atoms with E-state index in [1.54, 1.807) is 0 Å². The molecular formula is C14H24N2O7. The highest BCUT2D eigenvalue weighted by molar-refractivity contribution is 5.81. The minimum Gasteiger partial charge on any atom is -0.467 e. The Balaban J connectivity index is 2.74. The van der Waals surface area contributed by atoms with Crippen molar-refractivity contribution < 1.29 is 33.3 Å². The van der Waals surface area contributed by atoms with E-state index in [0.29, 0.717) is 26.2 Å². The predicted molar refractivity (Wildman–Crippen MR) is 78.6 cm³/mol. The van der Waals surface area contributed by atoms with Crippen molar-refractivity contribution in [3.63, 3.8) is 0 Å². The van der Waals surface area contributed by atoms with Crippen molar-refractivity contribution in [3.8, 4) is 0 Å². The largest absolute Gasteiger partial charge is 0.467 e. The summed E-state index contributed by atoms with van der Waals surface area (Å²) in [4.78, 5) is 38.1. The van der Waals surface area contributed by atoms with Crippen LogP contribution in [0.2, 0.25) is 0 Å². The van der Waals surface area contributed by atoms with E-state index in [9.17, 15) is 14.4 Å². The van der Waals surface area contributed by atoms with Gasteiger partial charge in [-0.05, 0) is 6.42 Å². The van der Waals surface area contributed by atoms with Gasteiger partial charge in [-0.2, -0.15) is 0 Å². The Bertz CT molecular complexity index is 410. The lowest BCUT2D eigenvalue weighted by Crippen LogP contribution is -2.49. The molecule has 0 spiro atoms. The fourth-order valence-corrected chi connectivity index (χ4v) is 2.21. The Morgan fingerprint density at radius 1 is 1.17 bits per heavy atom. The van der Waals surface area contributed by atoms with E-state index in [2.05, 4.69) is 9.64 Å². The fraction of sp³-hybridized carbons (Fsp3) is 0.786. The maximum Gasteiger partial charge on any atom is 0.412 e. The van der Waals surface area contributed by atoms with Crippen molar-refractivity contribution in [3.05, 3.63) is 0 Å². The SMILES string of the molecule is COC(=O)[C@H](CCN1CCOCC1)N(COC(C)=O)C(=O)OC. The van der Waals surface area contributed by atoms with E-state index in [0.717, 1.165) is 18.0 Å². The molecule has 1 fully saturated rings. The highest BCUT2D eigenvalue weighted by atomic mass is 16.6. The van der Waals surface area contributed by atoms with Crippen LogP contribution in [-0.2, 0) is 28.5 Å². The van der Waals surface area contributed by atoms with Gasteiger partial charge in [0.25, 0.3) is 0 Å². The first kappa shape index (κ1) is 19.2. The summed E-state index contributed by atoms with van der Waals surface area (Å²) in [7, 11) is 2.44. The average Bonchev–Trinajstić information content (AvgIpc) is 2.57. The number of methoxy groups -OCH3 is 2. The quantitative estimate of drug-likeness (QED) is 0.361. The van der Waals surface area contributed by atoms with Crippen molar-refractivity contribution in [2.45, 2.75) is 19.4 Å². The van der Waals surface area contributed by atoms with Gasteiger partial charge in [-0.3, -0.25) is 14.6 Å². The Kier molecular flexibility index (Phi) is 8.35. The van der Waals surface area contributed by atoms with E-state index in [1.807, 2.05) is 0 Å². The number of ether oxygens (including phenoxy) is 4. The van der Waals surface area contributed by atoms with Crippen LogP contribution in [0.15, 0.2) is 0 Å². The molecule has 0 aliphatic carbocycles. The maximum absolute atomic E-state index is 12.0. The molecule has 0 unspecified atom stereocenters. The second-order valence-electron chi connectivity index (χ2n) is 4.99. The second-order valence-corrected chi connectivity index (χ2v) is 4.99. The van der Waals surface area contributed by atoms with Crippen LogP contribution in [0.25, 0.3) is 0 Å². The molecule has 0 aromatic rings. The summed E-state index contributed by atoms with van der Waals surface area (Å²) < 4.78 is 19.5. The number of nitrogens with zero attached hydrogens (tertiary/aromatic N) is 2. The van der Waals surface area contributed by atoms with Crippen LogP contribution in [0.5, 0.6) is 0 Å². The van der Waals surface area contributed by atoms with Crippen LogP contribution in [0, 0.1) is 0 Å². The van der Waals surface area contributed by atoms with Crippen molar-refractivity contribution in [2.75, 3.05) is 53.8 Å². The zero-order chi connectivity index (χ0) is 17.2. The van der Waals surface area contributed by atoms with Gasteiger partial charge in [0.15, 0.2) is 6.73 Å². The Morgan fingerprint density at radius 3 is 2.35 bits per heavy atom. The van der Waals surface area contributed by atoms with E-state index in [1.165, 1.54) is 21.1 Å². The number of esters is 2. The molecule has 1 rings (SSSR count). The summed E-state index contributed by atoms with van der Waals surface area (Å²) in [5.74, 6) is -1.15. The lowest BCUT2D eigenvalue weighted by atomic mass is 10.1. The molecule has 9 heteroatoms. The molecule has 0 bridgehead atoms. The molecule has 0 saturated carbocycles. The molecule has 1 heterocycles. The third-order valence-electron chi connectivity index (χ3n) is 3.49. The van der Waals surface area contributed by atoms with Gasteiger partial charge in [0, 0.05) is 26.6 Å². The fourth-order valence-electron chi connectivity index (χ4n) is 2.21. The maximum atomic E-state index is 12.0. The number of hydrogen-bond acceptors (Lipinski definition) is 8. The van der Waals surface area contributed by atoms with Gasteiger partial charge >= 0.3 is 18.0 Å². The van der Waals surface area contributed by atoms with Gasteiger partial charge in [0.05, 0.1) is 27.4 Å². The molecule has 1 amide bonds. The van der Waals surface area contributed by atoms with Crippen LogP contribution >= 0.6 is 0 Å². The summed E-state index contributed by atoms with van der Waals surface area (Å²) >= 11 is 0. The van der Waals surface area contributed by atoms with Gasteiger partial charge in [-0.15, -0.1) is 0 Å². The predicted octanol–water partition coefficient (Wildman–Crippen LogP) is -0.161. The van der Waals surface area contributed by atoms with Crippen LogP contribution in [0.1, 0.15) is 13.3 Å². The van der Waals surface area contributed by atoms with Crippen molar-refractivity contribution in [1.82, 2.24) is 9.80 Å². The molecule has 1 aliphatic heterocycles. The first-order valence-corrected chi connectivity index (χ1v) is 7.35. The van der Waals surface area contributed by atoms with Crippen molar-refractivity contribution in [2.24, 2.45) is 0 Å². The molecule has 1 atom stereocenters. The molecule has 0 aromatic heterocycles. The summed E-state index contributed by atoms with van der Waals surface area (Å²) in [5.41, 5.74) is 0. The highest BCUT2D eigenvalue weighted by Crippen LogP contribution is 2.11. The Labute approximate surface area is 135 Å². The van der Waals surface area contributed by atoms with Gasteiger partial charge < -0.3 is 18.9 Å². The number of carbonyl (C=O) groups excluding carboxylic acids is 3. The molecule has 0 radical (unpaired) electrons. The van der Waals surface area contributed by atoms with Gasteiger partial charge in [0.2, 0.25) is 0 Å². The first-order chi connectivity index (χ1) is 11.0. The van der Waals surface area contributed by atoms with Crippen LogP contribution in [0.3, 0.4) is 0 Å². The third-order valence-corrected chi connectivity index (χ3v) is 3.49. The van der Waals surface area contributed by atoms with Crippen LogP contribution in [0.4, 0.5) is 4.79 Å². The summed E-state index contributed by atoms with van der Waals surface area (Å²) in [6.07, 6.45) is -0.424. The van der Waals surface area contributed by atoms with Crippen molar-refractivity contribution >= 4 is 18.0 Å². The molecule has 0 N–H and O–H groups in total. The van der Waals surface area contributed by atoms with Gasteiger partial charge in [-0.1, -0.05) is 0 Å². The first-order valence-electron chi connectivity index (χ1n) is 7.35. The van der Waals surface area contributed by atoms with E-state index in [-0.39, 0.29) is 6.73 Å². The van der Waals surface area contributed by atoms with Crippen molar-refractivity contribution in [1.29, 1.82) is 0 Å². The van der Waals surface area contributed by atoms with Crippen LogP contribution < -0.4 is 0 Å². The molecule has 23 heavy (non-hydrogen) atoms. The lowest BCUT2D eigenvalue weighted by Gasteiger charge is -2.31. The summed E-state index contributed by atoms with van der Waals surface area (Å²) in [6.45, 7) is 4.22. The average molecular weight is 332 g/mol. The number of rotatable bonds is 7. The minimum absolute atomic E-state index is 0.336. The zero-order valence-electron chi connectivity index (χ0n) is 13.8. The third kappa shape index (κ3) is 6.41. The molecule has 132 valence electrons. The summed E-state index contributed by atoms with van der Waals surface area (Å²) in [5, 5.41) is 0. The Hall–Kier alpha value is -1.87. The van der Waals surface area contributed by atoms with Gasteiger partial charge in [-0.25, -0.2) is 9.59 Å². The van der Waals surface area contributed by atoms with E-state index >= 15 is 0 Å². The number of hydrogen-bond donors (Lipinski definition) is 0. The standard InChI is InChI=1S/C14H24N2O7/c1-11(17)23-10-16(14(19)21-3)12(13(18)20-2)4-5-15-6-8-22-9-7-15/h12H,4-10H2,1-3H3/t12-/m0/s1. The monoisotopic (exact) mass is 332 g/mol. The zero-order valence-corrected chi connectivity index (χ0v) is 13.8. The number of carbonyl (C=O) groups is 3.